The number of hydrogen-bond acceptors (Lipinski definition) is 5. The van der Waals surface area contributed by atoms with Gasteiger partial charge in [0.1, 0.15) is 0 Å². The van der Waals surface area contributed by atoms with E-state index in [1.807, 2.05) is 17.5 Å². The van der Waals surface area contributed by atoms with Gasteiger partial charge in [-0.3, -0.25) is 4.79 Å². The largest absolute Gasteiger partial charge is 0.467 e. The van der Waals surface area contributed by atoms with E-state index in [0.29, 0.717) is 26.8 Å². The van der Waals surface area contributed by atoms with E-state index in [0.717, 1.165) is 0 Å². The summed E-state index contributed by atoms with van der Waals surface area (Å²) in [6.45, 7) is 0. The molecule has 3 rings (SSSR count). The van der Waals surface area contributed by atoms with Gasteiger partial charge in [-0.25, -0.2) is 4.79 Å². The lowest BCUT2D eigenvalue weighted by Gasteiger charge is -2.19. The summed E-state index contributed by atoms with van der Waals surface area (Å²) in [7, 11) is 1.33. The zero-order chi connectivity index (χ0) is 19.2. The maximum atomic E-state index is 12.2. The van der Waals surface area contributed by atoms with Crippen molar-refractivity contribution in [3.05, 3.63) is 81.5 Å². The number of carbonyl (C=O) groups excluding carboxylic acids is 2. The number of esters is 1. The third-order valence-electron chi connectivity index (χ3n) is 3.85. The standard InChI is InChI=1S/C20H17ClN2O3S/c1-26-20(25)18(15-5-2-3-6-16(15)21)22-13-8-10-14(11-9-13)23-19(24)17-7-4-12-27-17/h2-12,18,22H,1H3,(H,23,24). The van der Waals surface area contributed by atoms with Crippen LogP contribution in [0.5, 0.6) is 0 Å². The Morgan fingerprint density at radius 3 is 2.33 bits per heavy atom. The van der Waals surface area contributed by atoms with Crippen molar-refractivity contribution in [3.8, 4) is 0 Å². The molecule has 1 amide bonds. The monoisotopic (exact) mass is 400 g/mol. The van der Waals surface area contributed by atoms with Crippen LogP contribution < -0.4 is 10.6 Å². The third-order valence-corrected chi connectivity index (χ3v) is 5.06. The van der Waals surface area contributed by atoms with Crippen molar-refractivity contribution in [1.82, 2.24) is 0 Å². The highest BCUT2D eigenvalue weighted by atomic mass is 35.5. The molecule has 0 aliphatic heterocycles. The minimum absolute atomic E-state index is 0.158. The lowest BCUT2D eigenvalue weighted by Crippen LogP contribution is -2.22. The highest BCUT2D eigenvalue weighted by Gasteiger charge is 2.23. The predicted molar refractivity (Wildman–Crippen MR) is 109 cm³/mol. The minimum atomic E-state index is -0.741. The Bertz CT molecular complexity index is 927. The van der Waals surface area contributed by atoms with E-state index in [9.17, 15) is 9.59 Å². The van der Waals surface area contributed by atoms with E-state index in [1.165, 1.54) is 18.4 Å². The summed E-state index contributed by atoms with van der Waals surface area (Å²) < 4.78 is 4.90. The quantitative estimate of drug-likeness (QED) is 0.572. The number of benzene rings is 2. The van der Waals surface area contributed by atoms with Crippen LogP contribution in [0.4, 0.5) is 11.4 Å². The lowest BCUT2D eigenvalue weighted by atomic mass is 10.1. The van der Waals surface area contributed by atoms with Crippen molar-refractivity contribution in [3.63, 3.8) is 0 Å². The van der Waals surface area contributed by atoms with Crippen LogP contribution in [-0.2, 0) is 9.53 Å². The molecule has 0 radical (unpaired) electrons. The van der Waals surface area contributed by atoms with Gasteiger partial charge in [0.25, 0.3) is 5.91 Å². The van der Waals surface area contributed by atoms with E-state index in [-0.39, 0.29) is 5.91 Å². The molecule has 0 fully saturated rings. The molecule has 0 bridgehead atoms. The van der Waals surface area contributed by atoms with E-state index in [1.54, 1.807) is 48.5 Å². The molecular formula is C20H17ClN2O3S. The molecule has 1 heterocycles. The van der Waals surface area contributed by atoms with Crippen LogP contribution in [0.2, 0.25) is 5.02 Å². The van der Waals surface area contributed by atoms with Gasteiger partial charge in [0.15, 0.2) is 6.04 Å². The number of carbonyl (C=O) groups is 2. The summed E-state index contributed by atoms with van der Waals surface area (Å²) in [5, 5.41) is 8.28. The second kappa shape index (κ2) is 8.70. The van der Waals surface area contributed by atoms with Crippen LogP contribution in [-0.4, -0.2) is 19.0 Å². The van der Waals surface area contributed by atoms with Crippen molar-refractivity contribution in [2.45, 2.75) is 6.04 Å². The Labute approximate surface area is 165 Å². The van der Waals surface area contributed by atoms with Crippen LogP contribution >= 0.6 is 22.9 Å². The first-order valence-corrected chi connectivity index (χ1v) is 9.38. The number of thiophene rings is 1. The van der Waals surface area contributed by atoms with Crippen LogP contribution in [0.3, 0.4) is 0 Å². The van der Waals surface area contributed by atoms with Crippen LogP contribution in [0, 0.1) is 0 Å². The molecule has 0 spiro atoms. The smallest absolute Gasteiger partial charge is 0.333 e. The second-order valence-corrected chi connectivity index (χ2v) is 6.99. The first-order chi connectivity index (χ1) is 13.1. The number of halogens is 1. The summed E-state index contributed by atoms with van der Waals surface area (Å²) in [6.07, 6.45) is 0. The number of anilines is 2. The fourth-order valence-electron chi connectivity index (χ4n) is 2.51. The minimum Gasteiger partial charge on any atom is -0.467 e. The number of hydrogen-bond donors (Lipinski definition) is 2. The molecule has 1 aromatic heterocycles. The van der Waals surface area contributed by atoms with Gasteiger partial charge < -0.3 is 15.4 Å². The zero-order valence-corrected chi connectivity index (χ0v) is 16.0. The number of nitrogens with one attached hydrogen (secondary N) is 2. The van der Waals surface area contributed by atoms with E-state index < -0.39 is 12.0 Å². The Balaban J connectivity index is 1.74. The van der Waals surface area contributed by atoms with Gasteiger partial charge in [-0.15, -0.1) is 11.3 Å². The molecule has 0 saturated heterocycles. The maximum Gasteiger partial charge on any atom is 0.333 e. The van der Waals surface area contributed by atoms with E-state index >= 15 is 0 Å². The van der Waals surface area contributed by atoms with Crippen molar-refractivity contribution in [2.24, 2.45) is 0 Å². The molecule has 138 valence electrons. The molecule has 7 heteroatoms. The second-order valence-electron chi connectivity index (χ2n) is 5.63. The topological polar surface area (TPSA) is 67.4 Å². The highest BCUT2D eigenvalue weighted by Crippen LogP contribution is 2.27. The van der Waals surface area contributed by atoms with Gasteiger partial charge in [-0.2, -0.15) is 0 Å². The van der Waals surface area contributed by atoms with Crippen LogP contribution in [0.15, 0.2) is 66.0 Å². The Morgan fingerprint density at radius 2 is 1.70 bits per heavy atom. The molecule has 2 aromatic carbocycles. The van der Waals surface area contributed by atoms with Gasteiger partial charge in [0, 0.05) is 22.0 Å². The fourth-order valence-corrected chi connectivity index (χ4v) is 3.37. The average Bonchev–Trinajstić information content (AvgIpc) is 3.22. The summed E-state index contributed by atoms with van der Waals surface area (Å²) in [5.41, 5.74) is 1.98. The molecule has 1 unspecified atom stereocenters. The molecule has 3 aromatic rings. The van der Waals surface area contributed by atoms with Gasteiger partial charge in [-0.1, -0.05) is 35.9 Å². The average molecular weight is 401 g/mol. The van der Waals surface area contributed by atoms with Crippen molar-refractivity contribution in [2.75, 3.05) is 17.7 Å². The Morgan fingerprint density at radius 1 is 1.00 bits per heavy atom. The molecule has 0 aliphatic rings. The first kappa shape index (κ1) is 18.9. The molecule has 27 heavy (non-hydrogen) atoms. The first-order valence-electron chi connectivity index (χ1n) is 8.12. The van der Waals surface area contributed by atoms with Gasteiger partial charge in [0.2, 0.25) is 0 Å². The molecule has 0 aliphatic carbocycles. The van der Waals surface area contributed by atoms with E-state index in [4.69, 9.17) is 16.3 Å². The molecule has 0 saturated carbocycles. The maximum absolute atomic E-state index is 12.2. The summed E-state index contributed by atoms with van der Waals surface area (Å²) >= 11 is 7.60. The Kier molecular flexibility index (Phi) is 6.11. The molecular weight excluding hydrogens is 384 g/mol. The molecule has 5 nitrogen and oxygen atoms in total. The van der Waals surface area contributed by atoms with Gasteiger partial charge >= 0.3 is 5.97 Å². The number of rotatable bonds is 6. The summed E-state index contributed by atoms with van der Waals surface area (Å²) in [5.74, 6) is -0.604. The Hall–Kier alpha value is -2.83. The lowest BCUT2D eigenvalue weighted by molar-refractivity contribution is -0.141. The predicted octanol–water partition coefficient (Wildman–Crippen LogP) is 4.98. The van der Waals surface area contributed by atoms with E-state index in [2.05, 4.69) is 10.6 Å². The van der Waals surface area contributed by atoms with Crippen molar-refractivity contribution >= 4 is 46.2 Å². The van der Waals surface area contributed by atoms with Crippen molar-refractivity contribution in [1.29, 1.82) is 0 Å². The van der Waals surface area contributed by atoms with Gasteiger partial charge in [0.05, 0.1) is 12.0 Å². The number of ether oxygens (including phenoxy) is 1. The highest BCUT2D eigenvalue weighted by molar-refractivity contribution is 7.12. The summed E-state index contributed by atoms with van der Waals surface area (Å²) in [4.78, 5) is 25.0. The zero-order valence-electron chi connectivity index (χ0n) is 14.4. The van der Waals surface area contributed by atoms with Crippen LogP contribution in [0.25, 0.3) is 0 Å². The van der Waals surface area contributed by atoms with Crippen molar-refractivity contribution < 1.29 is 14.3 Å². The number of amides is 1. The molecule has 1 atom stereocenters. The van der Waals surface area contributed by atoms with Crippen LogP contribution in [0.1, 0.15) is 21.3 Å². The molecule has 2 N–H and O–H groups in total. The summed E-state index contributed by atoms with van der Waals surface area (Å²) in [6, 6.07) is 17.0. The normalized spacial score (nSPS) is 11.5. The SMILES string of the molecule is COC(=O)C(Nc1ccc(NC(=O)c2cccs2)cc1)c1ccccc1Cl. The fraction of sp³-hybridized carbons (Fsp3) is 0.100. The van der Waals surface area contributed by atoms with Gasteiger partial charge in [-0.05, 0) is 41.8 Å². The number of methoxy groups -OCH3 is 1. The third kappa shape index (κ3) is 4.67.